The minimum Gasteiger partial charge on any atom is -0.505 e. The number of urea groups is 1. The lowest BCUT2D eigenvalue weighted by Gasteiger charge is -2.23. The number of hydrogen-bond donors (Lipinski definition) is 3. The van der Waals surface area contributed by atoms with Crippen molar-refractivity contribution in [1.82, 2.24) is 10.2 Å². The Balaban J connectivity index is 2.54. The van der Waals surface area contributed by atoms with Crippen LogP contribution in [0.4, 0.5) is 9.18 Å². The van der Waals surface area contributed by atoms with Gasteiger partial charge in [-0.25, -0.2) is 9.18 Å². The summed E-state index contributed by atoms with van der Waals surface area (Å²) in [6.07, 6.45) is 0. The van der Waals surface area contributed by atoms with Crippen LogP contribution in [-0.4, -0.2) is 40.8 Å². The molecule has 0 radical (unpaired) electrons. The van der Waals surface area contributed by atoms with E-state index in [0.717, 1.165) is 6.07 Å². The predicted octanol–water partition coefficient (Wildman–Crippen LogP) is 1.05. The molecule has 100 valence electrons. The number of phenolic OH excluding ortho intramolecular Hbond substituents is 1. The average Bonchev–Trinajstić information content (AvgIpc) is 2.37. The number of phenols is 1. The van der Waals surface area contributed by atoms with Gasteiger partial charge in [0.25, 0.3) is 0 Å². The zero-order valence-corrected chi connectivity index (χ0v) is 10.4. The van der Waals surface area contributed by atoms with E-state index in [9.17, 15) is 9.18 Å². The van der Waals surface area contributed by atoms with E-state index in [1.807, 2.05) is 0 Å². The molecule has 1 atom stereocenters. The fraction of sp³-hybridized carbons (Fsp3) is 0.417. The molecular weight excluding hydrogens is 239 g/mol. The summed E-state index contributed by atoms with van der Waals surface area (Å²) >= 11 is 0. The van der Waals surface area contributed by atoms with E-state index in [1.165, 1.54) is 17.0 Å². The summed E-state index contributed by atoms with van der Waals surface area (Å²) in [4.78, 5) is 13.0. The summed E-state index contributed by atoms with van der Waals surface area (Å²) < 4.78 is 13.0. The summed E-state index contributed by atoms with van der Waals surface area (Å²) in [5.41, 5.74) is 0.545. The van der Waals surface area contributed by atoms with Crippen molar-refractivity contribution in [3.8, 4) is 5.75 Å². The molecule has 0 spiro atoms. The molecule has 0 aromatic heterocycles. The second kappa shape index (κ2) is 6.20. The zero-order valence-electron chi connectivity index (χ0n) is 10.4. The predicted molar refractivity (Wildman–Crippen MR) is 64.6 cm³/mol. The van der Waals surface area contributed by atoms with Crippen LogP contribution in [0.1, 0.15) is 12.5 Å². The number of rotatable bonds is 4. The van der Waals surface area contributed by atoms with Gasteiger partial charge in [-0.05, 0) is 24.6 Å². The van der Waals surface area contributed by atoms with Gasteiger partial charge in [-0.15, -0.1) is 0 Å². The third-order valence-corrected chi connectivity index (χ3v) is 2.70. The topological polar surface area (TPSA) is 72.8 Å². The molecule has 0 bridgehead atoms. The molecule has 5 nitrogen and oxygen atoms in total. The molecule has 3 N–H and O–H groups in total. The molecular formula is C12H17FN2O3. The van der Waals surface area contributed by atoms with Crippen molar-refractivity contribution >= 4 is 6.03 Å². The standard InChI is InChI=1S/C12H17FN2O3/c1-8(7-16)15(2)12(18)14-6-9-3-4-11(17)10(13)5-9/h3-5,8,16-17H,6-7H2,1-2H3,(H,14,18). The first kappa shape index (κ1) is 14.2. The minimum absolute atomic E-state index is 0.127. The Kier molecular flexibility index (Phi) is 4.91. The van der Waals surface area contributed by atoms with Crippen molar-refractivity contribution in [2.75, 3.05) is 13.7 Å². The summed E-state index contributed by atoms with van der Waals surface area (Å²) in [7, 11) is 1.56. The van der Waals surface area contributed by atoms with Crippen molar-refractivity contribution < 1.29 is 19.4 Å². The van der Waals surface area contributed by atoms with E-state index in [-0.39, 0.29) is 25.2 Å². The number of hydrogen-bond acceptors (Lipinski definition) is 3. The molecule has 6 heteroatoms. The molecule has 0 aliphatic carbocycles. The quantitative estimate of drug-likeness (QED) is 0.754. The van der Waals surface area contributed by atoms with Crippen molar-refractivity contribution in [3.05, 3.63) is 29.6 Å². The SMILES string of the molecule is CC(CO)N(C)C(=O)NCc1ccc(O)c(F)c1. The molecule has 1 aromatic carbocycles. The Morgan fingerprint density at radius 1 is 1.56 bits per heavy atom. The monoisotopic (exact) mass is 256 g/mol. The van der Waals surface area contributed by atoms with Gasteiger partial charge < -0.3 is 20.4 Å². The van der Waals surface area contributed by atoms with Crippen LogP contribution < -0.4 is 5.32 Å². The van der Waals surface area contributed by atoms with Crippen LogP contribution in [-0.2, 0) is 6.54 Å². The minimum atomic E-state index is -0.723. The van der Waals surface area contributed by atoms with E-state index in [4.69, 9.17) is 10.2 Å². The number of nitrogens with one attached hydrogen (secondary N) is 1. The second-order valence-electron chi connectivity index (χ2n) is 4.09. The fourth-order valence-corrected chi connectivity index (χ4v) is 1.29. The van der Waals surface area contributed by atoms with Crippen LogP contribution in [0.25, 0.3) is 0 Å². The smallest absolute Gasteiger partial charge is 0.317 e. The highest BCUT2D eigenvalue weighted by Gasteiger charge is 2.14. The van der Waals surface area contributed by atoms with Crippen molar-refractivity contribution in [3.63, 3.8) is 0 Å². The van der Waals surface area contributed by atoms with Gasteiger partial charge in [0.1, 0.15) is 0 Å². The number of likely N-dealkylation sites (N-methyl/N-ethyl adjacent to an activating group) is 1. The Bertz CT molecular complexity index is 426. The molecule has 18 heavy (non-hydrogen) atoms. The lowest BCUT2D eigenvalue weighted by molar-refractivity contribution is 0.157. The van der Waals surface area contributed by atoms with Crippen LogP contribution in [0.3, 0.4) is 0 Å². The van der Waals surface area contributed by atoms with Crippen LogP contribution in [0.15, 0.2) is 18.2 Å². The van der Waals surface area contributed by atoms with E-state index in [2.05, 4.69) is 5.32 Å². The van der Waals surface area contributed by atoms with Crippen LogP contribution in [0.5, 0.6) is 5.75 Å². The Morgan fingerprint density at radius 3 is 2.78 bits per heavy atom. The van der Waals surface area contributed by atoms with Gasteiger partial charge in [0.15, 0.2) is 11.6 Å². The van der Waals surface area contributed by atoms with Crippen molar-refractivity contribution in [2.24, 2.45) is 0 Å². The molecule has 0 aliphatic rings. The van der Waals surface area contributed by atoms with Gasteiger partial charge >= 0.3 is 6.03 Å². The van der Waals surface area contributed by atoms with Crippen molar-refractivity contribution in [2.45, 2.75) is 19.5 Å². The first-order valence-corrected chi connectivity index (χ1v) is 5.54. The third-order valence-electron chi connectivity index (χ3n) is 2.70. The third kappa shape index (κ3) is 3.59. The number of carbonyl (C=O) groups is 1. The van der Waals surface area contributed by atoms with Crippen LogP contribution in [0.2, 0.25) is 0 Å². The maximum absolute atomic E-state index is 13.0. The molecule has 1 aromatic rings. The number of carbonyl (C=O) groups excluding carboxylic acids is 1. The molecule has 0 aliphatic heterocycles. The number of aliphatic hydroxyl groups is 1. The Labute approximate surface area is 105 Å². The van der Waals surface area contributed by atoms with Crippen LogP contribution in [0, 0.1) is 5.82 Å². The summed E-state index contributed by atoms with van der Waals surface area (Å²) in [5, 5.41) is 20.5. The van der Waals surface area contributed by atoms with Gasteiger partial charge in [0, 0.05) is 13.6 Å². The highest BCUT2D eigenvalue weighted by Crippen LogP contribution is 2.15. The van der Waals surface area contributed by atoms with E-state index in [0.29, 0.717) is 5.56 Å². The largest absolute Gasteiger partial charge is 0.505 e. The second-order valence-corrected chi connectivity index (χ2v) is 4.09. The number of aliphatic hydroxyl groups excluding tert-OH is 1. The number of aromatic hydroxyl groups is 1. The Morgan fingerprint density at radius 2 is 2.22 bits per heavy atom. The maximum Gasteiger partial charge on any atom is 0.317 e. The first-order chi connectivity index (χ1) is 8.45. The number of nitrogens with zero attached hydrogens (tertiary/aromatic N) is 1. The first-order valence-electron chi connectivity index (χ1n) is 5.54. The molecule has 2 amide bonds. The fourth-order valence-electron chi connectivity index (χ4n) is 1.29. The molecule has 1 rings (SSSR count). The lowest BCUT2D eigenvalue weighted by Crippen LogP contribution is -2.43. The van der Waals surface area contributed by atoms with E-state index < -0.39 is 11.6 Å². The van der Waals surface area contributed by atoms with E-state index in [1.54, 1.807) is 14.0 Å². The van der Waals surface area contributed by atoms with Crippen molar-refractivity contribution in [1.29, 1.82) is 0 Å². The average molecular weight is 256 g/mol. The summed E-state index contributed by atoms with van der Waals surface area (Å²) in [6.45, 7) is 1.73. The number of amides is 2. The van der Waals surface area contributed by atoms with Gasteiger partial charge in [-0.3, -0.25) is 0 Å². The van der Waals surface area contributed by atoms with Gasteiger partial charge in [-0.2, -0.15) is 0 Å². The molecule has 1 unspecified atom stereocenters. The molecule has 0 saturated carbocycles. The van der Waals surface area contributed by atoms with Gasteiger partial charge in [0.2, 0.25) is 0 Å². The maximum atomic E-state index is 13.0. The number of benzene rings is 1. The molecule has 0 fully saturated rings. The normalized spacial score (nSPS) is 12.0. The zero-order chi connectivity index (χ0) is 13.7. The van der Waals surface area contributed by atoms with E-state index >= 15 is 0 Å². The highest BCUT2D eigenvalue weighted by atomic mass is 19.1. The molecule has 0 heterocycles. The lowest BCUT2D eigenvalue weighted by atomic mass is 10.2. The Hall–Kier alpha value is -1.82. The number of halogens is 1. The van der Waals surface area contributed by atoms with Gasteiger partial charge in [0.05, 0.1) is 12.6 Å². The molecule has 0 saturated heterocycles. The van der Waals surface area contributed by atoms with Gasteiger partial charge in [-0.1, -0.05) is 6.07 Å². The highest BCUT2D eigenvalue weighted by molar-refractivity contribution is 5.74. The summed E-state index contributed by atoms with van der Waals surface area (Å²) in [6, 6.07) is 3.27. The van der Waals surface area contributed by atoms with Crippen LogP contribution >= 0.6 is 0 Å². The summed E-state index contributed by atoms with van der Waals surface area (Å²) in [5.74, 6) is -1.14.